The van der Waals surface area contributed by atoms with E-state index in [2.05, 4.69) is 89.3 Å². The second-order valence-electron chi connectivity index (χ2n) is 12.4. The predicted octanol–water partition coefficient (Wildman–Crippen LogP) is 10.7. The fraction of sp³-hybridized carbons (Fsp3) is 0. The number of hydrogen-bond acceptors (Lipinski definition) is 3. The van der Waals surface area contributed by atoms with Crippen molar-refractivity contribution in [2.24, 2.45) is 0 Å². The van der Waals surface area contributed by atoms with Gasteiger partial charge in [-0.2, -0.15) is 0 Å². The third kappa shape index (κ3) is 4.26. The first-order chi connectivity index (χ1) is 24.2. The molecule has 0 saturated carbocycles. The first kappa shape index (κ1) is 27.4. The highest BCUT2D eigenvalue weighted by Crippen LogP contribution is 2.39. The molecule has 0 aliphatic carbocycles. The van der Waals surface area contributed by atoms with Gasteiger partial charge in [-0.05, 0) is 88.0 Å². The summed E-state index contributed by atoms with van der Waals surface area (Å²) in [7, 11) is 0. The maximum atomic E-state index is 13.9. The van der Waals surface area contributed by atoms with Crippen LogP contribution in [0, 0.1) is 0 Å². The monoisotopic (exact) mass is 629 g/mol. The number of furan rings is 1. The Morgan fingerprint density at radius 3 is 1.98 bits per heavy atom. The Kier molecular flexibility index (Phi) is 5.96. The fourth-order valence-corrected chi connectivity index (χ4v) is 7.22. The highest BCUT2D eigenvalue weighted by atomic mass is 16.3. The zero-order chi connectivity index (χ0) is 32.5. The molecule has 3 aromatic heterocycles. The minimum atomic E-state index is -0.0926. The van der Waals surface area contributed by atoms with Gasteiger partial charge in [-0.15, -0.1) is 0 Å². The van der Waals surface area contributed by atoms with Gasteiger partial charge in [0.05, 0.1) is 27.6 Å². The number of imidazole rings is 1. The van der Waals surface area contributed by atoms with Gasteiger partial charge in [-0.1, -0.05) is 109 Å². The number of benzene rings is 7. The highest BCUT2D eigenvalue weighted by Gasteiger charge is 2.19. The molecule has 0 unspecified atom stereocenters. The summed E-state index contributed by atoms with van der Waals surface area (Å²) in [5, 5.41) is 2.77. The third-order valence-electron chi connectivity index (χ3n) is 9.56. The molecule has 7 aromatic carbocycles. The van der Waals surface area contributed by atoms with Gasteiger partial charge < -0.3 is 4.42 Å². The maximum absolute atomic E-state index is 13.9. The molecule has 0 N–H and O–H groups in total. The van der Waals surface area contributed by atoms with E-state index in [0.29, 0.717) is 11.2 Å². The molecule has 5 nitrogen and oxygen atoms in total. The van der Waals surface area contributed by atoms with Crippen molar-refractivity contribution in [3.05, 3.63) is 174 Å². The van der Waals surface area contributed by atoms with Crippen LogP contribution in [0.15, 0.2) is 173 Å². The van der Waals surface area contributed by atoms with E-state index in [9.17, 15) is 4.79 Å². The van der Waals surface area contributed by atoms with E-state index in [-0.39, 0.29) is 5.56 Å². The number of fused-ring (bicyclic) bond motifs is 8. The lowest BCUT2D eigenvalue weighted by atomic mass is 9.96. The molecule has 0 bridgehead atoms. The standard InChI is InChI=1S/C44H27N3O2/c48-43-35-14-7-8-16-38(35)47-39-27-32(22-24-37(39)45-44(47)46(43)33-12-5-2-6-13-33)34-15-9-17-41-42(34)36-26-31(23-25-40(36)49-41)30-20-18-29(19-21-30)28-10-3-1-4-11-28/h1-27H. The summed E-state index contributed by atoms with van der Waals surface area (Å²) < 4.78 is 10.2. The number of hydrogen-bond donors (Lipinski definition) is 0. The van der Waals surface area contributed by atoms with Crippen LogP contribution in [0.5, 0.6) is 0 Å². The van der Waals surface area contributed by atoms with E-state index in [0.717, 1.165) is 66.4 Å². The van der Waals surface area contributed by atoms with Crippen LogP contribution >= 0.6 is 0 Å². The number of rotatable bonds is 4. The molecule has 0 fully saturated rings. The van der Waals surface area contributed by atoms with Crippen LogP contribution in [-0.4, -0.2) is 14.0 Å². The van der Waals surface area contributed by atoms with Gasteiger partial charge in [0.15, 0.2) is 0 Å². The molecule has 0 aliphatic heterocycles. The predicted molar refractivity (Wildman–Crippen MR) is 199 cm³/mol. The SMILES string of the molecule is O=c1c2ccccc2n2c3cc(-c4cccc5oc6ccc(-c7ccc(-c8ccccc8)cc7)cc6c45)ccc3nc2n1-c1ccccc1. The molecule has 0 radical (unpaired) electrons. The molecule has 49 heavy (non-hydrogen) atoms. The van der Waals surface area contributed by atoms with E-state index < -0.39 is 0 Å². The van der Waals surface area contributed by atoms with Crippen molar-refractivity contribution in [2.45, 2.75) is 0 Å². The van der Waals surface area contributed by atoms with Crippen molar-refractivity contribution in [1.29, 1.82) is 0 Å². The van der Waals surface area contributed by atoms with Crippen LogP contribution in [0.3, 0.4) is 0 Å². The molecule has 0 saturated heterocycles. The summed E-state index contributed by atoms with van der Waals surface area (Å²) in [4.78, 5) is 18.9. The number of para-hydroxylation sites is 2. The Balaban J connectivity index is 1.17. The van der Waals surface area contributed by atoms with E-state index in [1.54, 1.807) is 4.57 Å². The second-order valence-corrected chi connectivity index (χ2v) is 12.4. The molecule has 10 aromatic rings. The molecule has 0 aliphatic rings. The number of aromatic nitrogens is 3. The van der Waals surface area contributed by atoms with Crippen molar-refractivity contribution in [3.63, 3.8) is 0 Å². The van der Waals surface area contributed by atoms with E-state index in [1.807, 2.05) is 78.9 Å². The van der Waals surface area contributed by atoms with Gasteiger partial charge in [0.25, 0.3) is 5.56 Å². The smallest absolute Gasteiger partial charge is 0.267 e. The van der Waals surface area contributed by atoms with Crippen LogP contribution in [0.25, 0.3) is 88.7 Å². The summed E-state index contributed by atoms with van der Waals surface area (Å²) in [5.41, 5.74) is 11.7. The lowest BCUT2D eigenvalue weighted by Gasteiger charge is -2.11. The maximum Gasteiger partial charge on any atom is 0.267 e. The lowest BCUT2D eigenvalue weighted by molar-refractivity contribution is 0.669. The molecule has 0 atom stereocenters. The van der Waals surface area contributed by atoms with Crippen LogP contribution in [0.4, 0.5) is 0 Å². The van der Waals surface area contributed by atoms with Crippen LogP contribution in [0.1, 0.15) is 0 Å². The van der Waals surface area contributed by atoms with Crippen LogP contribution < -0.4 is 5.56 Å². The Morgan fingerprint density at radius 2 is 1.16 bits per heavy atom. The third-order valence-corrected chi connectivity index (χ3v) is 9.56. The summed E-state index contributed by atoms with van der Waals surface area (Å²) in [6, 6.07) is 55.7. The highest BCUT2D eigenvalue weighted by molar-refractivity contribution is 6.13. The summed E-state index contributed by atoms with van der Waals surface area (Å²) in [6.07, 6.45) is 0. The largest absolute Gasteiger partial charge is 0.456 e. The lowest BCUT2D eigenvalue weighted by Crippen LogP contribution is -2.21. The fourth-order valence-electron chi connectivity index (χ4n) is 7.22. The minimum absolute atomic E-state index is 0.0926. The Labute approximate surface area is 280 Å². The average molecular weight is 630 g/mol. The first-order valence-corrected chi connectivity index (χ1v) is 16.3. The van der Waals surface area contributed by atoms with Gasteiger partial charge >= 0.3 is 0 Å². The van der Waals surface area contributed by atoms with E-state index in [4.69, 9.17) is 9.40 Å². The van der Waals surface area contributed by atoms with Crippen LogP contribution in [0.2, 0.25) is 0 Å². The Hall–Kier alpha value is -6.72. The Morgan fingerprint density at radius 1 is 0.490 bits per heavy atom. The summed E-state index contributed by atoms with van der Waals surface area (Å²) >= 11 is 0. The van der Waals surface area contributed by atoms with Crippen molar-refractivity contribution in [1.82, 2.24) is 14.0 Å². The van der Waals surface area contributed by atoms with Crippen molar-refractivity contribution >= 4 is 49.7 Å². The average Bonchev–Trinajstić information content (AvgIpc) is 3.74. The minimum Gasteiger partial charge on any atom is -0.456 e. The summed E-state index contributed by atoms with van der Waals surface area (Å²) in [5.74, 6) is 0.581. The first-order valence-electron chi connectivity index (χ1n) is 16.3. The van der Waals surface area contributed by atoms with Crippen molar-refractivity contribution in [2.75, 3.05) is 0 Å². The molecule has 5 heteroatoms. The topological polar surface area (TPSA) is 52.4 Å². The van der Waals surface area contributed by atoms with Gasteiger partial charge in [-0.3, -0.25) is 9.20 Å². The zero-order valence-corrected chi connectivity index (χ0v) is 26.2. The van der Waals surface area contributed by atoms with Gasteiger partial charge in [0.1, 0.15) is 11.2 Å². The molecule has 230 valence electrons. The molecule has 10 rings (SSSR count). The van der Waals surface area contributed by atoms with Crippen molar-refractivity contribution in [3.8, 4) is 39.1 Å². The number of nitrogens with zero attached hydrogens (tertiary/aromatic N) is 3. The van der Waals surface area contributed by atoms with Gasteiger partial charge in [0.2, 0.25) is 5.78 Å². The van der Waals surface area contributed by atoms with E-state index >= 15 is 0 Å². The van der Waals surface area contributed by atoms with Crippen molar-refractivity contribution < 1.29 is 4.42 Å². The quantitative estimate of drug-likeness (QED) is 0.195. The molecule has 0 spiro atoms. The second kappa shape index (κ2) is 10.7. The molecular weight excluding hydrogens is 603 g/mol. The molecule has 3 heterocycles. The van der Waals surface area contributed by atoms with E-state index in [1.165, 1.54) is 11.1 Å². The molecular formula is C44H27N3O2. The summed E-state index contributed by atoms with van der Waals surface area (Å²) in [6.45, 7) is 0. The van der Waals surface area contributed by atoms with Crippen LogP contribution in [-0.2, 0) is 0 Å². The normalized spacial score (nSPS) is 11.8. The van der Waals surface area contributed by atoms with Gasteiger partial charge in [0, 0.05) is 10.8 Å². The zero-order valence-electron chi connectivity index (χ0n) is 26.2. The van der Waals surface area contributed by atoms with Gasteiger partial charge in [-0.25, -0.2) is 9.55 Å². The Bertz CT molecular complexity index is 2940. The molecule has 0 amide bonds.